The minimum Gasteiger partial charge on any atom is -0.478 e. The molecule has 1 heterocycles. The maximum Gasteiger partial charge on any atom is 0.335 e. The molecule has 0 aliphatic heterocycles. The maximum atomic E-state index is 11.2. The molecule has 22 heavy (non-hydrogen) atoms. The molecule has 0 bridgehead atoms. The van der Waals surface area contributed by atoms with E-state index in [4.69, 9.17) is 11.6 Å². The van der Waals surface area contributed by atoms with Gasteiger partial charge in [0.1, 0.15) is 0 Å². The Bertz CT molecular complexity index is 903. The standard InChI is InChI=1S/C18H14ClNO2/c1-10-3-7-14(11(2)20-10)17-15-9-13(18(21)22)5-4-12(15)6-8-16(17)19/h3-9H,1-2H3,(H,21,22). The first-order chi connectivity index (χ1) is 10.5. The Hall–Kier alpha value is -2.39. The maximum absolute atomic E-state index is 11.2. The van der Waals surface area contributed by atoms with Crippen LogP contribution in [0.5, 0.6) is 0 Å². The lowest BCUT2D eigenvalue weighted by Crippen LogP contribution is -1.97. The van der Waals surface area contributed by atoms with E-state index in [2.05, 4.69) is 4.98 Å². The van der Waals surface area contributed by atoms with Gasteiger partial charge in [0, 0.05) is 27.5 Å². The molecule has 0 saturated carbocycles. The summed E-state index contributed by atoms with van der Waals surface area (Å²) >= 11 is 6.41. The first kappa shape index (κ1) is 14.5. The van der Waals surface area contributed by atoms with Gasteiger partial charge in [-0.25, -0.2) is 4.79 Å². The van der Waals surface area contributed by atoms with E-state index in [1.165, 1.54) is 0 Å². The molecular formula is C18H14ClNO2. The van der Waals surface area contributed by atoms with Crippen LogP contribution in [-0.4, -0.2) is 16.1 Å². The van der Waals surface area contributed by atoms with E-state index in [9.17, 15) is 9.90 Å². The molecule has 0 amide bonds. The second-order valence-corrected chi connectivity index (χ2v) is 5.66. The summed E-state index contributed by atoms with van der Waals surface area (Å²) in [6.45, 7) is 3.86. The van der Waals surface area contributed by atoms with Crippen LogP contribution in [0.4, 0.5) is 0 Å². The number of hydrogen-bond acceptors (Lipinski definition) is 2. The summed E-state index contributed by atoms with van der Waals surface area (Å²) in [7, 11) is 0. The number of benzene rings is 2. The number of aryl methyl sites for hydroxylation is 2. The molecule has 3 rings (SSSR count). The second-order valence-electron chi connectivity index (χ2n) is 5.25. The third-order valence-corrected chi connectivity index (χ3v) is 4.03. The van der Waals surface area contributed by atoms with Gasteiger partial charge in [0.2, 0.25) is 0 Å². The van der Waals surface area contributed by atoms with Crippen molar-refractivity contribution in [3.63, 3.8) is 0 Å². The van der Waals surface area contributed by atoms with E-state index in [0.29, 0.717) is 5.02 Å². The van der Waals surface area contributed by atoms with E-state index in [-0.39, 0.29) is 5.56 Å². The van der Waals surface area contributed by atoms with Crippen LogP contribution < -0.4 is 0 Å². The first-order valence-corrected chi connectivity index (χ1v) is 7.25. The fourth-order valence-electron chi connectivity index (χ4n) is 2.65. The van der Waals surface area contributed by atoms with Crippen molar-refractivity contribution >= 4 is 28.3 Å². The van der Waals surface area contributed by atoms with Crippen molar-refractivity contribution in [2.75, 3.05) is 0 Å². The first-order valence-electron chi connectivity index (χ1n) is 6.87. The van der Waals surface area contributed by atoms with Crippen LogP contribution >= 0.6 is 11.6 Å². The van der Waals surface area contributed by atoms with E-state index >= 15 is 0 Å². The van der Waals surface area contributed by atoms with Crippen LogP contribution in [0, 0.1) is 13.8 Å². The number of carbonyl (C=O) groups is 1. The predicted molar refractivity (Wildman–Crippen MR) is 88.6 cm³/mol. The number of rotatable bonds is 2. The lowest BCUT2D eigenvalue weighted by molar-refractivity contribution is 0.0697. The average Bonchev–Trinajstić information content (AvgIpc) is 2.47. The molecule has 3 aromatic rings. The molecule has 1 aromatic heterocycles. The number of hydrogen-bond donors (Lipinski definition) is 1. The Kier molecular flexibility index (Phi) is 3.59. The highest BCUT2D eigenvalue weighted by atomic mass is 35.5. The fraction of sp³-hybridized carbons (Fsp3) is 0.111. The van der Waals surface area contributed by atoms with Crippen molar-refractivity contribution in [1.82, 2.24) is 4.98 Å². The summed E-state index contributed by atoms with van der Waals surface area (Å²) in [5, 5.41) is 11.6. The number of halogens is 1. The molecule has 0 atom stereocenters. The molecule has 1 N–H and O–H groups in total. The molecule has 0 unspecified atom stereocenters. The highest BCUT2D eigenvalue weighted by Crippen LogP contribution is 2.37. The zero-order valence-electron chi connectivity index (χ0n) is 12.2. The van der Waals surface area contributed by atoms with Crippen LogP contribution in [-0.2, 0) is 0 Å². The minimum absolute atomic E-state index is 0.244. The van der Waals surface area contributed by atoms with Crippen molar-refractivity contribution in [2.24, 2.45) is 0 Å². The van der Waals surface area contributed by atoms with Crippen molar-refractivity contribution < 1.29 is 9.90 Å². The fourth-order valence-corrected chi connectivity index (χ4v) is 2.92. The monoisotopic (exact) mass is 311 g/mol. The molecule has 4 heteroatoms. The quantitative estimate of drug-likeness (QED) is 0.734. The Balaban J connectivity index is 2.38. The predicted octanol–water partition coefficient (Wildman–Crippen LogP) is 4.87. The topological polar surface area (TPSA) is 50.2 Å². The number of nitrogens with zero attached hydrogens (tertiary/aromatic N) is 1. The Labute approximate surface area is 133 Å². The van der Waals surface area contributed by atoms with E-state index < -0.39 is 5.97 Å². The van der Waals surface area contributed by atoms with Gasteiger partial charge in [0.05, 0.1) is 5.56 Å². The van der Waals surface area contributed by atoms with Gasteiger partial charge in [-0.15, -0.1) is 0 Å². The van der Waals surface area contributed by atoms with Crippen LogP contribution in [0.3, 0.4) is 0 Å². The number of carboxylic acid groups (broad SMARTS) is 1. The number of aromatic carboxylic acids is 1. The molecule has 110 valence electrons. The van der Waals surface area contributed by atoms with Crippen molar-refractivity contribution in [3.05, 3.63) is 64.4 Å². The summed E-state index contributed by atoms with van der Waals surface area (Å²) < 4.78 is 0. The van der Waals surface area contributed by atoms with E-state index in [1.807, 2.05) is 38.1 Å². The summed E-state index contributed by atoms with van der Waals surface area (Å²) in [6.07, 6.45) is 0. The summed E-state index contributed by atoms with van der Waals surface area (Å²) in [5.41, 5.74) is 3.80. The third-order valence-electron chi connectivity index (χ3n) is 3.71. The number of carboxylic acids is 1. The molecule has 0 saturated heterocycles. The molecule has 0 fully saturated rings. The van der Waals surface area contributed by atoms with Gasteiger partial charge >= 0.3 is 5.97 Å². The summed E-state index contributed by atoms with van der Waals surface area (Å²) in [4.78, 5) is 15.7. The van der Waals surface area contributed by atoms with Gasteiger partial charge in [-0.1, -0.05) is 29.8 Å². The van der Waals surface area contributed by atoms with Gasteiger partial charge < -0.3 is 5.11 Å². The Morgan fingerprint density at radius 3 is 2.50 bits per heavy atom. The van der Waals surface area contributed by atoms with Crippen LogP contribution in [0.2, 0.25) is 5.02 Å². The lowest BCUT2D eigenvalue weighted by Gasteiger charge is -2.12. The summed E-state index contributed by atoms with van der Waals surface area (Å²) in [6, 6.07) is 12.7. The van der Waals surface area contributed by atoms with E-state index in [0.717, 1.165) is 33.3 Å². The number of fused-ring (bicyclic) bond motifs is 1. The zero-order chi connectivity index (χ0) is 15.9. The molecule has 0 radical (unpaired) electrons. The van der Waals surface area contributed by atoms with Gasteiger partial charge in [-0.3, -0.25) is 4.98 Å². The lowest BCUT2D eigenvalue weighted by atomic mass is 9.95. The van der Waals surface area contributed by atoms with Crippen LogP contribution in [0.25, 0.3) is 21.9 Å². The van der Waals surface area contributed by atoms with E-state index in [1.54, 1.807) is 18.2 Å². The smallest absolute Gasteiger partial charge is 0.335 e. The highest BCUT2D eigenvalue weighted by Gasteiger charge is 2.14. The van der Waals surface area contributed by atoms with Gasteiger partial charge in [0.25, 0.3) is 0 Å². The summed E-state index contributed by atoms with van der Waals surface area (Å²) in [5.74, 6) is -0.952. The number of pyridine rings is 1. The van der Waals surface area contributed by atoms with Gasteiger partial charge in [0.15, 0.2) is 0 Å². The zero-order valence-corrected chi connectivity index (χ0v) is 13.0. The third kappa shape index (κ3) is 2.44. The van der Waals surface area contributed by atoms with Gasteiger partial charge in [-0.05, 0) is 48.9 Å². The number of aromatic nitrogens is 1. The second kappa shape index (κ2) is 5.43. The van der Waals surface area contributed by atoms with Crippen molar-refractivity contribution in [1.29, 1.82) is 0 Å². The Morgan fingerprint density at radius 1 is 1.09 bits per heavy atom. The minimum atomic E-state index is -0.952. The molecule has 0 aliphatic rings. The van der Waals surface area contributed by atoms with Crippen LogP contribution in [0.15, 0.2) is 42.5 Å². The molecule has 2 aromatic carbocycles. The molecule has 0 spiro atoms. The normalized spacial score (nSPS) is 10.9. The molecule has 3 nitrogen and oxygen atoms in total. The van der Waals surface area contributed by atoms with Crippen LogP contribution in [0.1, 0.15) is 21.7 Å². The van der Waals surface area contributed by atoms with Crippen molar-refractivity contribution in [2.45, 2.75) is 13.8 Å². The average molecular weight is 312 g/mol. The van der Waals surface area contributed by atoms with Crippen molar-refractivity contribution in [3.8, 4) is 11.1 Å². The molecule has 0 aliphatic carbocycles. The SMILES string of the molecule is Cc1ccc(-c2c(Cl)ccc3ccc(C(=O)O)cc23)c(C)n1. The molecular weight excluding hydrogens is 298 g/mol. The largest absolute Gasteiger partial charge is 0.478 e. The highest BCUT2D eigenvalue weighted by molar-refractivity contribution is 6.35. The van der Waals surface area contributed by atoms with Gasteiger partial charge in [-0.2, -0.15) is 0 Å². The Morgan fingerprint density at radius 2 is 1.82 bits per heavy atom.